The maximum Gasteiger partial charge on any atom is 0.308 e. The van der Waals surface area contributed by atoms with E-state index in [1.165, 1.54) is 19.4 Å². The first-order valence-electron chi connectivity index (χ1n) is 17.5. The molecule has 4 aliphatic rings. The second-order valence-corrected chi connectivity index (χ2v) is 16.5. The second-order valence-electron chi connectivity index (χ2n) is 14.6. The van der Waals surface area contributed by atoms with E-state index in [0.29, 0.717) is 43.7 Å². The van der Waals surface area contributed by atoms with Gasteiger partial charge in [0.2, 0.25) is 10.0 Å². The van der Waals surface area contributed by atoms with Crippen molar-refractivity contribution in [1.29, 1.82) is 0 Å². The Morgan fingerprint density at radius 1 is 0.959 bits per heavy atom. The first kappa shape index (κ1) is 33.8. The Labute approximate surface area is 289 Å². The van der Waals surface area contributed by atoms with Crippen LogP contribution in [0.4, 0.5) is 0 Å². The third-order valence-electron chi connectivity index (χ3n) is 11.1. The average Bonchev–Trinajstić information content (AvgIpc) is 3.40. The lowest BCUT2D eigenvalue weighted by Crippen LogP contribution is -2.79. The molecule has 9 nitrogen and oxygen atoms in total. The summed E-state index contributed by atoms with van der Waals surface area (Å²) in [6.45, 7) is 8.72. The van der Waals surface area contributed by atoms with Crippen LogP contribution in [-0.2, 0) is 48.4 Å². The van der Waals surface area contributed by atoms with Gasteiger partial charge < -0.3 is 14.2 Å². The Balaban J connectivity index is 1.36. The van der Waals surface area contributed by atoms with E-state index < -0.39 is 39.2 Å². The van der Waals surface area contributed by atoms with Gasteiger partial charge in [-0.15, -0.1) is 0 Å². The molecule has 3 aromatic rings. The first-order chi connectivity index (χ1) is 23.4. The summed E-state index contributed by atoms with van der Waals surface area (Å²) in [6.07, 6.45) is 2.37. The van der Waals surface area contributed by atoms with E-state index in [2.05, 4.69) is 29.2 Å². The van der Waals surface area contributed by atoms with Crippen LogP contribution >= 0.6 is 0 Å². The van der Waals surface area contributed by atoms with Crippen LogP contribution in [0, 0.1) is 5.92 Å². The minimum atomic E-state index is -3.81. The molecule has 0 amide bonds. The molecule has 3 aromatic carbocycles. The number of hydrogen-bond acceptors (Lipinski definition) is 8. The van der Waals surface area contributed by atoms with Crippen molar-refractivity contribution in [2.24, 2.45) is 5.92 Å². The zero-order valence-electron chi connectivity index (χ0n) is 28.8. The van der Waals surface area contributed by atoms with Crippen molar-refractivity contribution in [3.63, 3.8) is 0 Å². The smallest absolute Gasteiger partial charge is 0.308 e. The van der Waals surface area contributed by atoms with Crippen molar-refractivity contribution >= 4 is 22.0 Å². The predicted molar refractivity (Wildman–Crippen MR) is 186 cm³/mol. The fourth-order valence-corrected chi connectivity index (χ4v) is 11.4. The quantitative estimate of drug-likeness (QED) is 0.194. The number of carbonyl (C=O) groups excluding carboxylic acids is 2. The first-order valence-corrected chi connectivity index (χ1v) is 19.1. The summed E-state index contributed by atoms with van der Waals surface area (Å²) >= 11 is 0. The Morgan fingerprint density at radius 3 is 2.31 bits per heavy atom. The number of hydrogen-bond donors (Lipinski definition) is 0. The summed E-state index contributed by atoms with van der Waals surface area (Å²) in [5, 5.41) is 0. The summed E-state index contributed by atoms with van der Waals surface area (Å²) < 4.78 is 50.0. The number of nitrogens with zero attached hydrogens (tertiary/aromatic N) is 2. The lowest BCUT2D eigenvalue weighted by atomic mass is 9.48. The van der Waals surface area contributed by atoms with Gasteiger partial charge in [0.25, 0.3) is 0 Å². The minimum Gasteiger partial charge on any atom is -0.483 e. The molecule has 49 heavy (non-hydrogen) atoms. The summed E-state index contributed by atoms with van der Waals surface area (Å²) in [5.74, 6) is -0.113. The molecule has 0 N–H and O–H groups in total. The Hall–Kier alpha value is -3.73. The standard InChI is InChI=1S/C39H46N2O7S/c1-26(2)24-41(49(44,45)25-30-13-9-6-10-14-30)32-17-19-39(48-28(4)43)34-23-31-15-16-33(46-27(3)42)36-35(31)38(39,37(32)47-36)20-22-40(34)21-18-29-11-7-5-8-12-29/h5-16,26,32,34,37H,17-25H2,1-4H3/t32-,34+,37-,38-,39+/m0/s1. The highest BCUT2D eigenvalue weighted by Crippen LogP contribution is 2.67. The molecule has 0 radical (unpaired) electrons. The summed E-state index contributed by atoms with van der Waals surface area (Å²) in [6, 6.07) is 22.8. The highest BCUT2D eigenvalue weighted by molar-refractivity contribution is 7.88. The van der Waals surface area contributed by atoms with Crippen LogP contribution < -0.4 is 9.47 Å². The van der Waals surface area contributed by atoms with Crippen molar-refractivity contribution in [2.45, 2.75) is 94.8 Å². The Kier molecular flexibility index (Phi) is 8.86. The Morgan fingerprint density at radius 2 is 1.65 bits per heavy atom. The van der Waals surface area contributed by atoms with Gasteiger partial charge in [0.1, 0.15) is 11.7 Å². The lowest BCUT2D eigenvalue weighted by molar-refractivity contribution is -0.221. The molecule has 2 fully saturated rings. The minimum absolute atomic E-state index is 0.0538. The number of benzene rings is 3. The molecule has 7 rings (SSSR count). The van der Waals surface area contributed by atoms with Crippen molar-refractivity contribution in [3.05, 3.63) is 95.1 Å². The van der Waals surface area contributed by atoms with Crippen LogP contribution in [0.3, 0.4) is 0 Å². The molecular weight excluding hydrogens is 641 g/mol. The molecule has 2 bridgehead atoms. The maximum absolute atomic E-state index is 14.5. The number of rotatable bonds is 11. The van der Waals surface area contributed by atoms with Crippen LogP contribution in [0.25, 0.3) is 0 Å². The van der Waals surface area contributed by atoms with E-state index >= 15 is 0 Å². The third-order valence-corrected chi connectivity index (χ3v) is 12.9. The molecule has 260 valence electrons. The van der Waals surface area contributed by atoms with Gasteiger partial charge in [-0.3, -0.25) is 14.5 Å². The topological polar surface area (TPSA) is 102 Å². The second kappa shape index (κ2) is 12.9. The van der Waals surface area contributed by atoms with Crippen LogP contribution in [0.15, 0.2) is 72.8 Å². The zero-order chi connectivity index (χ0) is 34.6. The molecule has 1 saturated heterocycles. The molecule has 2 aliphatic carbocycles. The van der Waals surface area contributed by atoms with E-state index in [9.17, 15) is 18.0 Å². The van der Waals surface area contributed by atoms with Gasteiger partial charge in [-0.25, -0.2) is 8.42 Å². The molecule has 10 heteroatoms. The van der Waals surface area contributed by atoms with E-state index in [1.807, 2.05) is 56.3 Å². The molecule has 5 atom stereocenters. The van der Waals surface area contributed by atoms with Gasteiger partial charge in [-0.2, -0.15) is 4.31 Å². The molecule has 0 unspecified atom stereocenters. The van der Waals surface area contributed by atoms with Gasteiger partial charge in [0.05, 0.1) is 23.3 Å². The maximum atomic E-state index is 14.5. The Bertz CT molecular complexity index is 1830. The van der Waals surface area contributed by atoms with Crippen LogP contribution in [0.1, 0.15) is 69.2 Å². The van der Waals surface area contributed by atoms with Crippen LogP contribution in [-0.4, -0.2) is 73.0 Å². The van der Waals surface area contributed by atoms with Crippen molar-refractivity contribution in [2.75, 3.05) is 19.6 Å². The van der Waals surface area contributed by atoms with E-state index in [4.69, 9.17) is 14.2 Å². The van der Waals surface area contributed by atoms with E-state index in [-0.39, 0.29) is 23.7 Å². The number of ether oxygens (including phenoxy) is 3. The van der Waals surface area contributed by atoms with Crippen LogP contribution in [0.2, 0.25) is 0 Å². The molecular formula is C39H46N2O7S. The van der Waals surface area contributed by atoms with E-state index in [0.717, 1.165) is 36.2 Å². The highest BCUT2D eigenvalue weighted by Gasteiger charge is 2.76. The summed E-state index contributed by atoms with van der Waals surface area (Å²) in [7, 11) is -3.81. The van der Waals surface area contributed by atoms with Crippen molar-refractivity contribution in [1.82, 2.24) is 9.21 Å². The fraction of sp³-hybridized carbons (Fsp3) is 0.487. The van der Waals surface area contributed by atoms with Crippen LogP contribution in [0.5, 0.6) is 11.5 Å². The molecule has 1 spiro atoms. The average molecular weight is 687 g/mol. The molecule has 2 aliphatic heterocycles. The number of piperidine rings is 1. The molecule has 0 aromatic heterocycles. The largest absolute Gasteiger partial charge is 0.483 e. The highest BCUT2D eigenvalue weighted by atomic mass is 32.2. The van der Waals surface area contributed by atoms with Gasteiger partial charge in [-0.05, 0) is 67.3 Å². The van der Waals surface area contributed by atoms with Gasteiger partial charge in [0.15, 0.2) is 11.5 Å². The molecule has 1 saturated carbocycles. The lowest BCUT2D eigenvalue weighted by Gasteiger charge is -2.65. The number of sulfonamides is 1. The SMILES string of the molecule is CC(=O)Oc1ccc2c3c1O[C@H]1[C@@H](N(CC(C)C)S(=O)(=O)Cc4ccccc4)CC[C@@]4(OC(C)=O)[C@@H](C2)N(CCc2ccccc2)CC[C@]314. The van der Waals surface area contributed by atoms with Gasteiger partial charge in [0, 0.05) is 32.5 Å². The zero-order valence-corrected chi connectivity index (χ0v) is 29.6. The van der Waals surface area contributed by atoms with E-state index in [1.54, 1.807) is 10.4 Å². The monoisotopic (exact) mass is 686 g/mol. The van der Waals surface area contributed by atoms with Crippen molar-refractivity contribution < 1.29 is 32.2 Å². The molecule has 2 heterocycles. The fourth-order valence-electron chi connectivity index (χ4n) is 9.43. The number of esters is 2. The summed E-state index contributed by atoms with van der Waals surface area (Å²) in [4.78, 5) is 28.0. The van der Waals surface area contributed by atoms with Gasteiger partial charge in [-0.1, -0.05) is 80.6 Å². The number of carbonyl (C=O) groups is 2. The third kappa shape index (κ3) is 5.75. The number of likely N-dealkylation sites (tertiary alicyclic amines) is 1. The van der Waals surface area contributed by atoms with Gasteiger partial charge >= 0.3 is 11.9 Å². The predicted octanol–water partition coefficient (Wildman–Crippen LogP) is 5.44. The normalized spacial score (nSPS) is 27.0. The van der Waals surface area contributed by atoms with Crippen molar-refractivity contribution in [3.8, 4) is 11.5 Å². The summed E-state index contributed by atoms with van der Waals surface area (Å²) in [5.41, 5.74) is 2.13.